The number of ether oxygens (including phenoxy) is 1. The van der Waals surface area contributed by atoms with Gasteiger partial charge in [0.05, 0.1) is 17.0 Å². The van der Waals surface area contributed by atoms with Crippen molar-refractivity contribution in [1.82, 2.24) is 4.90 Å². The van der Waals surface area contributed by atoms with Crippen molar-refractivity contribution in [2.45, 2.75) is 38.9 Å². The van der Waals surface area contributed by atoms with Gasteiger partial charge in [0.15, 0.2) is 0 Å². The number of carbonyl (C=O) groups excluding carboxylic acids is 1. The molecule has 3 N–H and O–H groups in total. The number of hydrogen-bond donors (Lipinski definition) is 2. The number of aliphatic hydroxyl groups is 1. The fraction of sp³-hybridized carbons (Fsp3) is 0.818. The van der Waals surface area contributed by atoms with Gasteiger partial charge >= 0.3 is 6.09 Å². The number of carbonyl (C=O) groups is 1. The van der Waals surface area contributed by atoms with Gasteiger partial charge in [-0.1, -0.05) is 12.2 Å². The minimum atomic E-state index is -0.564. The third-order valence-electron chi connectivity index (χ3n) is 2.59. The van der Waals surface area contributed by atoms with Crippen LogP contribution in [0.3, 0.4) is 0 Å². The van der Waals surface area contributed by atoms with Crippen molar-refractivity contribution >= 4 is 23.3 Å². The highest BCUT2D eigenvalue weighted by Gasteiger charge is 2.33. The first-order valence-electron chi connectivity index (χ1n) is 5.66. The molecule has 0 radical (unpaired) electrons. The Bertz CT molecular complexity index is 314. The Morgan fingerprint density at radius 1 is 1.53 bits per heavy atom. The van der Waals surface area contributed by atoms with Gasteiger partial charge in [0.25, 0.3) is 0 Å². The van der Waals surface area contributed by atoms with Gasteiger partial charge in [0, 0.05) is 13.1 Å². The van der Waals surface area contributed by atoms with E-state index in [0.29, 0.717) is 19.5 Å². The second-order valence-corrected chi connectivity index (χ2v) is 5.76. The first kappa shape index (κ1) is 14.2. The van der Waals surface area contributed by atoms with Gasteiger partial charge in [-0.3, -0.25) is 0 Å². The lowest BCUT2D eigenvalue weighted by Gasteiger charge is -2.36. The monoisotopic (exact) mass is 260 g/mol. The summed E-state index contributed by atoms with van der Waals surface area (Å²) in [5, 5.41) is 9.73. The number of nitrogens with two attached hydrogens (primary N) is 1. The number of likely N-dealkylation sites (tertiary alicyclic amines) is 1. The van der Waals surface area contributed by atoms with Gasteiger partial charge in [0.2, 0.25) is 0 Å². The molecule has 0 aromatic rings. The molecule has 1 amide bonds. The van der Waals surface area contributed by atoms with E-state index in [4.69, 9.17) is 22.7 Å². The summed E-state index contributed by atoms with van der Waals surface area (Å²) >= 11 is 4.88. The first-order chi connectivity index (χ1) is 7.70. The number of amides is 1. The van der Waals surface area contributed by atoms with E-state index < -0.39 is 11.7 Å². The normalized spacial score (nSPS) is 25.5. The minimum absolute atomic E-state index is 0.241. The first-order valence-corrected chi connectivity index (χ1v) is 6.07. The van der Waals surface area contributed by atoms with E-state index >= 15 is 0 Å². The molecule has 0 aromatic carbocycles. The van der Waals surface area contributed by atoms with Crippen molar-refractivity contribution < 1.29 is 14.6 Å². The molecule has 0 bridgehead atoms. The van der Waals surface area contributed by atoms with Crippen molar-refractivity contribution in [1.29, 1.82) is 0 Å². The zero-order valence-corrected chi connectivity index (χ0v) is 11.3. The van der Waals surface area contributed by atoms with Crippen molar-refractivity contribution in [3.63, 3.8) is 0 Å². The van der Waals surface area contributed by atoms with Gasteiger partial charge in [-0.2, -0.15) is 0 Å². The number of piperidine rings is 1. The molecule has 1 saturated heterocycles. The van der Waals surface area contributed by atoms with Crippen LogP contribution in [0.1, 0.15) is 27.2 Å². The van der Waals surface area contributed by atoms with Crippen LogP contribution in [0.4, 0.5) is 4.79 Å². The summed E-state index contributed by atoms with van der Waals surface area (Å²) in [6, 6.07) is 0. The third-order valence-corrected chi connectivity index (χ3v) is 2.90. The fourth-order valence-corrected chi connectivity index (χ4v) is 1.94. The molecule has 0 spiro atoms. The Labute approximate surface area is 107 Å². The average Bonchev–Trinajstić information content (AvgIpc) is 2.14. The van der Waals surface area contributed by atoms with Crippen LogP contribution < -0.4 is 5.73 Å². The van der Waals surface area contributed by atoms with Crippen LogP contribution in [0.5, 0.6) is 0 Å². The number of thiocarbonyl (C=S) groups is 1. The highest BCUT2D eigenvalue weighted by Crippen LogP contribution is 2.20. The molecular weight excluding hydrogens is 240 g/mol. The number of nitrogens with zero attached hydrogens (tertiary/aromatic N) is 1. The van der Waals surface area contributed by atoms with Gasteiger partial charge in [-0.15, -0.1) is 0 Å². The lowest BCUT2D eigenvalue weighted by molar-refractivity contribution is 0.00260. The molecule has 2 atom stereocenters. The Morgan fingerprint density at radius 3 is 2.59 bits per heavy atom. The largest absolute Gasteiger partial charge is 0.444 e. The Kier molecular flexibility index (Phi) is 4.32. The number of aliphatic hydroxyl groups excluding tert-OH is 1. The molecule has 98 valence electrons. The van der Waals surface area contributed by atoms with E-state index in [-0.39, 0.29) is 17.0 Å². The maximum Gasteiger partial charge on any atom is 0.410 e. The molecule has 0 unspecified atom stereocenters. The van der Waals surface area contributed by atoms with Gasteiger partial charge in [-0.05, 0) is 27.2 Å². The van der Waals surface area contributed by atoms with Gasteiger partial charge in [-0.25, -0.2) is 4.79 Å². The van der Waals surface area contributed by atoms with Crippen LogP contribution in [0.25, 0.3) is 0 Å². The standard InChI is InChI=1S/C11H20N2O3S/c1-11(2,3)16-10(15)13-5-4-8(14)7(6-13)9(12)17/h7-8,14H,4-6H2,1-3H3,(H2,12,17)/t7-,8-/m1/s1. The zero-order valence-electron chi connectivity index (χ0n) is 10.5. The quantitative estimate of drug-likeness (QED) is 0.685. The van der Waals surface area contributed by atoms with E-state index in [9.17, 15) is 9.90 Å². The summed E-state index contributed by atoms with van der Waals surface area (Å²) in [6.45, 7) is 6.23. The van der Waals surface area contributed by atoms with Crippen LogP contribution in [0, 0.1) is 5.92 Å². The Hall–Kier alpha value is -0.880. The van der Waals surface area contributed by atoms with Gasteiger partial charge < -0.3 is 20.5 Å². The molecule has 0 aliphatic carbocycles. The molecule has 0 saturated carbocycles. The van der Waals surface area contributed by atoms with E-state index in [1.165, 1.54) is 0 Å². The summed E-state index contributed by atoms with van der Waals surface area (Å²) in [5.74, 6) is -0.341. The fourth-order valence-electron chi connectivity index (χ4n) is 1.71. The van der Waals surface area contributed by atoms with Crippen molar-refractivity contribution in [2.75, 3.05) is 13.1 Å². The van der Waals surface area contributed by atoms with Gasteiger partial charge in [0.1, 0.15) is 5.60 Å². The predicted molar refractivity (Wildman–Crippen MR) is 68.7 cm³/mol. The minimum Gasteiger partial charge on any atom is -0.444 e. The average molecular weight is 260 g/mol. The molecule has 6 heteroatoms. The summed E-state index contributed by atoms with van der Waals surface area (Å²) in [7, 11) is 0. The molecule has 1 rings (SSSR count). The predicted octanol–water partition coefficient (Wildman–Crippen LogP) is 0.890. The molecular formula is C11H20N2O3S. The SMILES string of the molecule is CC(C)(C)OC(=O)N1CC[C@@H](O)[C@H](C(N)=S)C1. The van der Waals surface area contributed by atoms with E-state index in [1.807, 2.05) is 20.8 Å². The van der Waals surface area contributed by atoms with E-state index in [2.05, 4.69) is 0 Å². The summed E-state index contributed by atoms with van der Waals surface area (Å²) in [5.41, 5.74) is 5.02. The topological polar surface area (TPSA) is 75.8 Å². The van der Waals surface area contributed by atoms with Crippen LogP contribution in [0.2, 0.25) is 0 Å². The molecule has 0 aromatic heterocycles. The molecule has 1 fully saturated rings. The molecule has 5 nitrogen and oxygen atoms in total. The highest BCUT2D eigenvalue weighted by atomic mass is 32.1. The van der Waals surface area contributed by atoms with Crippen molar-refractivity contribution in [2.24, 2.45) is 11.7 Å². The second-order valence-electron chi connectivity index (χ2n) is 5.29. The zero-order chi connectivity index (χ0) is 13.2. The van der Waals surface area contributed by atoms with Crippen molar-refractivity contribution in [3.8, 4) is 0 Å². The van der Waals surface area contributed by atoms with Crippen LogP contribution >= 0.6 is 12.2 Å². The smallest absolute Gasteiger partial charge is 0.410 e. The van der Waals surface area contributed by atoms with E-state index in [1.54, 1.807) is 4.90 Å². The summed E-state index contributed by atoms with van der Waals surface area (Å²) < 4.78 is 5.26. The highest BCUT2D eigenvalue weighted by molar-refractivity contribution is 7.80. The van der Waals surface area contributed by atoms with Crippen LogP contribution in [0.15, 0.2) is 0 Å². The summed E-state index contributed by atoms with van der Waals surface area (Å²) in [4.78, 5) is 13.6. The number of rotatable bonds is 1. The van der Waals surface area contributed by atoms with E-state index in [0.717, 1.165) is 0 Å². The summed E-state index contributed by atoms with van der Waals surface area (Å²) in [6.07, 6.45) is -0.474. The Balaban J connectivity index is 2.62. The lowest BCUT2D eigenvalue weighted by atomic mass is 9.95. The molecule has 17 heavy (non-hydrogen) atoms. The lowest BCUT2D eigenvalue weighted by Crippen LogP contribution is -2.51. The van der Waals surface area contributed by atoms with Crippen LogP contribution in [-0.4, -0.2) is 45.9 Å². The van der Waals surface area contributed by atoms with Crippen molar-refractivity contribution in [3.05, 3.63) is 0 Å². The molecule has 1 aliphatic heterocycles. The third kappa shape index (κ3) is 4.12. The number of hydrogen-bond acceptors (Lipinski definition) is 4. The second kappa shape index (κ2) is 5.18. The maximum absolute atomic E-state index is 11.8. The molecule has 1 aliphatic rings. The van der Waals surface area contributed by atoms with Crippen LogP contribution in [-0.2, 0) is 4.74 Å². The molecule has 1 heterocycles. The Morgan fingerprint density at radius 2 is 2.12 bits per heavy atom. The maximum atomic E-state index is 11.8.